The maximum absolute atomic E-state index is 11.9. The summed E-state index contributed by atoms with van der Waals surface area (Å²) in [5.41, 5.74) is 0.798. The van der Waals surface area contributed by atoms with E-state index in [1.807, 2.05) is 20.8 Å². The van der Waals surface area contributed by atoms with Crippen molar-refractivity contribution in [3.63, 3.8) is 0 Å². The average Bonchev–Trinajstić information content (AvgIpc) is 2.83. The Balaban J connectivity index is 2.47. The molecule has 1 rings (SSSR count). The highest BCUT2D eigenvalue weighted by Crippen LogP contribution is 2.09. The lowest BCUT2D eigenvalue weighted by molar-refractivity contribution is 0.0490. The molecular weight excluding hydrogens is 290 g/mol. The maximum atomic E-state index is 11.9. The van der Waals surface area contributed by atoms with Gasteiger partial charge in [0.15, 0.2) is 0 Å². The van der Waals surface area contributed by atoms with Gasteiger partial charge in [-0.05, 0) is 45.2 Å². The standard InChI is InChI=1S/C18H33N3O2/c1-7-10-21-11-8-9-15(21)12-19-13-16(14(2)3)20-17(22)23-18(4,5)6/h8-9,11,14,16,19H,7,10,12-13H2,1-6H3,(H,20,22). The van der Waals surface area contributed by atoms with Crippen molar-refractivity contribution in [1.82, 2.24) is 15.2 Å². The molecule has 0 aliphatic carbocycles. The second-order valence-corrected chi connectivity index (χ2v) is 7.32. The van der Waals surface area contributed by atoms with Crippen molar-refractivity contribution in [2.24, 2.45) is 5.92 Å². The number of aryl methyl sites for hydroxylation is 1. The summed E-state index contributed by atoms with van der Waals surface area (Å²) in [6, 6.07) is 4.25. The van der Waals surface area contributed by atoms with Crippen molar-refractivity contribution in [1.29, 1.82) is 0 Å². The van der Waals surface area contributed by atoms with Crippen LogP contribution >= 0.6 is 0 Å². The third-order valence-corrected chi connectivity index (χ3v) is 3.57. The zero-order valence-corrected chi connectivity index (χ0v) is 15.5. The molecule has 1 amide bonds. The van der Waals surface area contributed by atoms with Crippen molar-refractivity contribution >= 4 is 6.09 Å². The molecule has 1 aromatic rings. The largest absolute Gasteiger partial charge is 0.444 e. The van der Waals surface area contributed by atoms with Gasteiger partial charge in [-0.1, -0.05) is 20.8 Å². The minimum atomic E-state index is -0.472. The van der Waals surface area contributed by atoms with Gasteiger partial charge >= 0.3 is 6.09 Å². The van der Waals surface area contributed by atoms with E-state index in [-0.39, 0.29) is 12.1 Å². The van der Waals surface area contributed by atoms with Gasteiger partial charge in [0.2, 0.25) is 0 Å². The Hall–Kier alpha value is -1.49. The van der Waals surface area contributed by atoms with E-state index < -0.39 is 5.60 Å². The molecule has 0 radical (unpaired) electrons. The first-order valence-electron chi connectivity index (χ1n) is 8.57. The zero-order chi connectivity index (χ0) is 17.5. The Labute approximate surface area is 140 Å². The second-order valence-electron chi connectivity index (χ2n) is 7.32. The van der Waals surface area contributed by atoms with Crippen molar-refractivity contribution in [3.05, 3.63) is 24.0 Å². The van der Waals surface area contributed by atoms with Gasteiger partial charge in [0, 0.05) is 37.6 Å². The quantitative estimate of drug-likeness (QED) is 0.769. The SMILES string of the molecule is CCCn1cccc1CNCC(NC(=O)OC(C)(C)C)C(C)C. The van der Waals surface area contributed by atoms with E-state index in [2.05, 4.69) is 54.3 Å². The second kappa shape index (κ2) is 8.96. The molecule has 0 fully saturated rings. The van der Waals surface area contributed by atoms with Gasteiger partial charge in [-0.25, -0.2) is 4.79 Å². The van der Waals surface area contributed by atoms with Crippen LogP contribution in [-0.4, -0.2) is 28.8 Å². The van der Waals surface area contributed by atoms with Crippen LogP contribution in [0.4, 0.5) is 4.79 Å². The lowest BCUT2D eigenvalue weighted by Gasteiger charge is -2.26. The molecule has 0 aromatic carbocycles. The number of amides is 1. The van der Waals surface area contributed by atoms with Crippen LogP contribution in [0.25, 0.3) is 0 Å². The molecule has 5 heteroatoms. The summed E-state index contributed by atoms with van der Waals surface area (Å²) in [4.78, 5) is 11.9. The van der Waals surface area contributed by atoms with Crippen molar-refractivity contribution in [2.45, 2.75) is 72.7 Å². The number of ether oxygens (including phenoxy) is 1. The highest BCUT2D eigenvalue weighted by molar-refractivity contribution is 5.68. The van der Waals surface area contributed by atoms with Crippen LogP contribution in [0.15, 0.2) is 18.3 Å². The highest BCUT2D eigenvalue weighted by atomic mass is 16.6. The molecule has 2 N–H and O–H groups in total. The predicted octanol–water partition coefficient (Wildman–Crippen LogP) is 3.54. The number of rotatable bonds is 8. The van der Waals surface area contributed by atoms with Crippen LogP contribution in [0.5, 0.6) is 0 Å². The Morgan fingerprint density at radius 2 is 2.04 bits per heavy atom. The molecule has 0 spiro atoms. The van der Waals surface area contributed by atoms with E-state index in [9.17, 15) is 4.79 Å². The Bertz CT molecular complexity index is 475. The minimum Gasteiger partial charge on any atom is -0.444 e. The minimum absolute atomic E-state index is 0.0411. The predicted molar refractivity (Wildman–Crippen MR) is 94.4 cm³/mol. The average molecular weight is 323 g/mol. The smallest absolute Gasteiger partial charge is 0.407 e. The number of nitrogens with one attached hydrogen (secondary N) is 2. The van der Waals surface area contributed by atoms with Gasteiger partial charge < -0.3 is 19.9 Å². The van der Waals surface area contributed by atoms with E-state index in [0.29, 0.717) is 12.5 Å². The summed E-state index contributed by atoms with van der Waals surface area (Å²) >= 11 is 0. The molecule has 132 valence electrons. The summed E-state index contributed by atoms with van der Waals surface area (Å²) < 4.78 is 7.60. The topological polar surface area (TPSA) is 55.3 Å². The van der Waals surface area contributed by atoms with E-state index in [1.165, 1.54) is 5.69 Å². The molecule has 23 heavy (non-hydrogen) atoms. The fraction of sp³-hybridized carbons (Fsp3) is 0.722. The number of hydrogen-bond acceptors (Lipinski definition) is 3. The number of aromatic nitrogens is 1. The first-order valence-corrected chi connectivity index (χ1v) is 8.57. The molecule has 0 aliphatic rings. The normalized spacial score (nSPS) is 13.2. The zero-order valence-electron chi connectivity index (χ0n) is 15.5. The molecule has 5 nitrogen and oxygen atoms in total. The molecule has 1 aromatic heterocycles. The van der Waals surface area contributed by atoms with Gasteiger partial charge in [-0.2, -0.15) is 0 Å². The summed E-state index contributed by atoms with van der Waals surface area (Å²) in [5.74, 6) is 0.331. The molecule has 1 heterocycles. The third-order valence-electron chi connectivity index (χ3n) is 3.57. The molecule has 0 saturated carbocycles. The fourth-order valence-electron chi connectivity index (χ4n) is 2.34. The van der Waals surface area contributed by atoms with Crippen LogP contribution in [0.3, 0.4) is 0 Å². The fourth-order valence-corrected chi connectivity index (χ4v) is 2.34. The Kier molecular flexibility index (Phi) is 7.62. The Morgan fingerprint density at radius 1 is 1.35 bits per heavy atom. The first-order chi connectivity index (χ1) is 10.7. The van der Waals surface area contributed by atoms with Crippen LogP contribution < -0.4 is 10.6 Å². The van der Waals surface area contributed by atoms with E-state index in [4.69, 9.17) is 4.74 Å². The lowest BCUT2D eigenvalue weighted by Crippen LogP contribution is -2.47. The molecule has 0 bridgehead atoms. The summed E-state index contributed by atoms with van der Waals surface area (Å²) in [7, 11) is 0. The number of carbonyl (C=O) groups excluding carboxylic acids is 1. The number of carbonyl (C=O) groups is 1. The number of hydrogen-bond donors (Lipinski definition) is 2. The maximum Gasteiger partial charge on any atom is 0.407 e. The van der Waals surface area contributed by atoms with Gasteiger partial charge in [-0.3, -0.25) is 0 Å². The summed E-state index contributed by atoms with van der Waals surface area (Å²) in [6.45, 7) is 14.5. The highest BCUT2D eigenvalue weighted by Gasteiger charge is 2.21. The van der Waals surface area contributed by atoms with Crippen LogP contribution in [0.2, 0.25) is 0 Å². The monoisotopic (exact) mass is 323 g/mol. The van der Waals surface area contributed by atoms with Crippen molar-refractivity contribution in [2.75, 3.05) is 6.54 Å². The van der Waals surface area contributed by atoms with E-state index in [1.54, 1.807) is 0 Å². The number of alkyl carbamates (subject to hydrolysis) is 1. The van der Waals surface area contributed by atoms with Crippen molar-refractivity contribution in [3.8, 4) is 0 Å². The van der Waals surface area contributed by atoms with Crippen molar-refractivity contribution < 1.29 is 9.53 Å². The van der Waals surface area contributed by atoms with Crippen LogP contribution in [0, 0.1) is 5.92 Å². The third kappa shape index (κ3) is 7.55. The molecule has 0 saturated heterocycles. The number of nitrogens with zero attached hydrogens (tertiary/aromatic N) is 1. The molecule has 0 aliphatic heterocycles. The molecule has 1 atom stereocenters. The van der Waals surface area contributed by atoms with Gasteiger partial charge in [0.1, 0.15) is 5.60 Å². The van der Waals surface area contributed by atoms with Gasteiger partial charge in [0.05, 0.1) is 0 Å². The van der Waals surface area contributed by atoms with Gasteiger partial charge in [0.25, 0.3) is 0 Å². The lowest BCUT2D eigenvalue weighted by atomic mass is 10.0. The summed E-state index contributed by atoms with van der Waals surface area (Å²) in [5, 5.41) is 6.41. The molecule has 1 unspecified atom stereocenters. The van der Waals surface area contributed by atoms with E-state index in [0.717, 1.165) is 19.5 Å². The first kappa shape index (κ1) is 19.6. The molecular formula is C18H33N3O2. The summed E-state index contributed by atoms with van der Waals surface area (Å²) in [6.07, 6.45) is 2.88. The van der Waals surface area contributed by atoms with Crippen LogP contribution in [0.1, 0.15) is 53.7 Å². The van der Waals surface area contributed by atoms with E-state index >= 15 is 0 Å². The van der Waals surface area contributed by atoms with Gasteiger partial charge in [-0.15, -0.1) is 0 Å². The van der Waals surface area contributed by atoms with Crippen LogP contribution in [-0.2, 0) is 17.8 Å². The Morgan fingerprint density at radius 3 is 2.61 bits per heavy atom.